The highest BCUT2D eigenvalue weighted by atomic mass is 16.6. The van der Waals surface area contributed by atoms with Crippen molar-refractivity contribution in [3.05, 3.63) is 54.9 Å². The maximum Gasteiger partial charge on any atom is 0.407 e. The lowest BCUT2D eigenvalue weighted by atomic mass is 9.91. The van der Waals surface area contributed by atoms with Crippen molar-refractivity contribution in [2.75, 3.05) is 12.4 Å². The van der Waals surface area contributed by atoms with Gasteiger partial charge in [-0.3, -0.25) is 4.98 Å². The molecule has 2 aromatic heterocycles. The van der Waals surface area contributed by atoms with Crippen LogP contribution < -0.4 is 15.4 Å². The second-order valence-corrected chi connectivity index (χ2v) is 10.4. The highest BCUT2D eigenvalue weighted by molar-refractivity contribution is 5.99. The molecule has 0 aliphatic heterocycles. The Hall–Kier alpha value is -3.74. The molecule has 0 spiro atoms. The molecule has 7 nitrogen and oxygen atoms in total. The molecular weight excluding hydrogens is 454 g/mol. The minimum absolute atomic E-state index is 0.127. The number of pyridine rings is 1. The van der Waals surface area contributed by atoms with Gasteiger partial charge in [-0.25, -0.2) is 4.79 Å². The normalized spacial score (nSPS) is 18.2. The van der Waals surface area contributed by atoms with Crippen LogP contribution in [0.2, 0.25) is 0 Å². The number of fused-ring (bicyclic) bond motifs is 2. The van der Waals surface area contributed by atoms with Crippen LogP contribution in [-0.2, 0) is 4.74 Å². The summed E-state index contributed by atoms with van der Waals surface area (Å²) < 4.78 is 17.3. The largest absolute Gasteiger partial charge is 0.495 e. The van der Waals surface area contributed by atoms with E-state index in [0.717, 1.165) is 70.2 Å². The van der Waals surface area contributed by atoms with Gasteiger partial charge in [-0.2, -0.15) is 0 Å². The summed E-state index contributed by atoms with van der Waals surface area (Å²) in [6.07, 6.45) is 7.01. The highest BCUT2D eigenvalue weighted by Gasteiger charge is 2.25. The van der Waals surface area contributed by atoms with Gasteiger partial charge in [0.1, 0.15) is 22.7 Å². The third kappa shape index (κ3) is 5.25. The van der Waals surface area contributed by atoms with Gasteiger partial charge in [0.05, 0.1) is 12.8 Å². The Labute approximate surface area is 211 Å². The smallest absolute Gasteiger partial charge is 0.407 e. The van der Waals surface area contributed by atoms with Gasteiger partial charge in [0, 0.05) is 40.8 Å². The summed E-state index contributed by atoms with van der Waals surface area (Å²) in [7, 11) is 1.69. The first-order chi connectivity index (χ1) is 17.3. The first kappa shape index (κ1) is 24.0. The molecule has 1 aliphatic rings. The van der Waals surface area contributed by atoms with Crippen LogP contribution in [0.3, 0.4) is 0 Å². The van der Waals surface area contributed by atoms with Crippen molar-refractivity contribution in [1.29, 1.82) is 0 Å². The first-order valence-electron chi connectivity index (χ1n) is 12.5. The standard InChI is InChI=1S/C29H33N3O4/c1-29(2,3)36-28(33)32-21-11-9-20(10-12-21)31-24-15-22-19(14-27(24)34-4)16-30-17-23(22)26-13-18-7-5-6-8-25(18)35-26/h5-8,13-17,20-21,31H,9-12H2,1-4H3,(H,32,33). The minimum Gasteiger partial charge on any atom is -0.495 e. The summed E-state index contributed by atoms with van der Waals surface area (Å²) in [4.78, 5) is 16.6. The number of nitrogens with one attached hydrogen (secondary N) is 2. The predicted molar refractivity (Wildman–Crippen MR) is 143 cm³/mol. The molecule has 0 bridgehead atoms. The molecule has 0 saturated heterocycles. The maximum absolute atomic E-state index is 12.1. The molecule has 4 aromatic rings. The Morgan fingerprint density at radius 3 is 2.47 bits per heavy atom. The number of ether oxygens (including phenoxy) is 2. The summed E-state index contributed by atoms with van der Waals surface area (Å²) in [5, 5.41) is 9.80. The number of alkyl carbamates (subject to hydrolysis) is 1. The van der Waals surface area contributed by atoms with E-state index in [2.05, 4.69) is 27.8 Å². The second kappa shape index (κ2) is 9.72. The quantitative estimate of drug-likeness (QED) is 0.318. The topological polar surface area (TPSA) is 85.6 Å². The number of rotatable bonds is 5. The third-order valence-corrected chi connectivity index (χ3v) is 6.58. The van der Waals surface area contributed by atoms with E-state index < -0.39 is 5.60 Å². The molecule has 188 valence electrons. The van der Waals surface area contributed by atoms with Crippen molar-refractivity contribution < 1.29 is 18.7 Å². The van der Waals surface area contributed by atoms with Gasteiger partial charge in [-0.1, -0.05) is 18.2 Å². The van der Waals surface area contributed by atoms with Gasteiger partial charge in [-0.15, -0.1) is 0 Å². The molecule has 0 radical (unpaired) electrons. The fourth-order valence-electron chi connectivity index (χ4n) is 4.87. The summed E-state index contributed by atoms with van der Waals surface area (Å²) in [6.45, 7) is 5.63. The van der Waals surface area contributed by atoms with Crippen LogP contribution >= 0.6 is 0 Å². The summed E-state index contributed by atoms with van der Waals surface area (Å²) >= 11 is 0. The number of benzene rings is 2. The van der Waals surface area contributed by atoms with E-state index in [1.54, 1.807) is 7.11 Å². The van der Waals surface area contributed by atoms with Crippen molar-refractivity contribution in [2.45, 2.75) is 64.1 Å². The molecule has 1 aliphatic carbocycles. The van der Waals surface area contributed by atoms with E-state index in [0.29, 0.717) is 0 Å². The van der Waals surface area contributed by atoms with Crippen LogP contribution in [0.5, 0.6) is 5.75 Å². The molecule has 1 fully saturated rings. The maximum atomic E-state index is 12.1. The lowest BCUT2D eigenvalue weighted by molar-refractivity contribution is 0.0492. The zero-order valence-electron chi connectivity index (χ0n) is 21.3. The molecule has 2 aromatic carbocycles. The lowest BCUT2D eigenvalue weighted by Gasteiger charge is -2.31. The van der Waals surface area contributed by atoms with Gasteiger partial charge < -0.3 is 24.5 Å². The number of nitrogens with zero attached hydrogens (tertiary/aromatic N) is 1. The van der Waals surface area contributed by atoms with Gasteiger partial charge >= 0.3 is 6.09 Å². The fraction of sp³-hybridized carbons (Fsp3) is 0.379. The molecule has 0 unspecified atom stereocenters. The van der Waals surface area contributed by atoms with Crippen LogP contribution in [0.15, 0.2) is 59.3 Å². The number of aromatic nitrogens is 1. The van der Waals surface area contributed by atoms with Gasteiger partial charge in [0.2, 0.25) is 0 Å². The van der Waals surface area contributed by atoms with Crippen LogP contribution in [0.25, 0.3) is 33.1 Å². The van der Waals surface area contributed by atoms with E-state index in [4.69, 9.17) is 13.9 Å². The van der Waals surface area contributed by atoms with Crippen LogP contribution in [0, 0.1) is 0 Å². The second-order valence-electron chi connectivity index (χ2n) is 10.4. The fourth-order valence-corrected chi connectivity index (χ4v) is 4.87. The SMILES string of the molecule is COc1cc2cncc(-c3cc4ccccc4o3)c2cc1NC1CCC(NC(=O)OC(C)(C)C)CC1. The Kier molecular flexibility index (Phi) is 6.48. The molecule has 2 N–H and O–H groups in total. The molecule has 2 heterocycles. The van der Waals surface area contributed by atoms with Crippen molar-refractivity contribution in [3.8, 4) is 17.1 Å². The number of carbonyl (C=O) groups excluding carboxylic acids is 1. The van der Waals surface area contributed by atoms with Crippen molar-refractivity contribution in [3.63, 3.8) is 0 Å². The van der Waals surface area contributed by atoms with E-state index >= 15 is 0 Å². The Morgan fingerprint density at radius 1 is 1.00 bits per heavy atom. The molecule has 1 amide bonds. The van der Waals surface area contributed by atoms with Gasteiger partial charge in [-0.05, 0) is 76.1 Å². The summed E-state index contributed by atoms with van der Waals surface area (Å²) in [6, 6.07) is 14.6. The number of furan rings is 1. The third-order valence-electron chi connectivity index (χ3n) is 6.58. The van der Waals surface area contributed by atoms with Crippen LogP contribution in [0.1, 0.15) is 46.5 Å². The summed E-state index contributed by atoms with van der Waals surface area (Å²) in [5.74, 6) is 1.57. The molecule has 7 heteroatoms. The molecular formula is C29H33N3O4. The van der Waals surface area contributed by atoms with Crippen molar-refractivity contribution >= 4 is 33.5 Å². The predicted octanol–water partition coefficient (Wildman–Crippen LogP) is 6.90. The highest BCUT2D eigenvalue weighted by Crippen LogP contribution is 2.38. The first-order valence-corrected chi connectivity index (χ1v) is 12.5. The monoisotopic (exact) mass is 487 g/mol. The van der Waals surface area contributed by atoms with Crippen LogP contribution in [0.4, 0.5) is 10.5 Å². The van der Waals surface area contributed by atoms with Crippen molar-refractivity contribution in [1.82, 2.24) is 10.3 Å². The van der Waals surface area contributed by atoms with Gasteiger partial charge in [0.25, 0.3) is 0 Å². The Morgan fingerprint density at radius 2 is 1.75 bits per heavy atom. The molecule has 5 rings (SSSR count). The lowest BCUT2D eigenvalue weighted by Crippen LogP contribution is -2.42. The number of amides is 1. The van der Waals surface area contributed by atoms with E-state index in [1.165, 1.54) is 0 Å². The summed E-state index contributed by atoms with van der Waals surface area (Å²) in [5.41, 5.74) is 2.25. The average molecular weight is 488 g/mol. The number of carbonyl (C=O) groups is 1. The van der Waals surface area contributed by atoms with E-state index in [-0.39, 0.29) is 18.2 Å². The minimum atomic E-state index is -0.494. The molecule has 36 heavy (non-hydrogen) atoms. The van der Waals surface area contributed by atoms with E-state index in [9.17, 15) is 4.79 Å². The number of anilines is 1. The van der Waals surface area contributed by atoms with Crippen LogP contribution in [-0.4, -0.2) is 35.9 Å². The van der Waals surface area contributed by atoms with Gasteiger partial charge in [0.15, 0.2) is 0 Å². The number of para-hydroxylation sites is 1. The number of hydrogen-bond donors (Lipinski definition) is 2. The number of methoxy groups -OCH3 is 1. The molecule has 1 saturated carbocycles. The zero-order valence-corrected chi connectivity index (χ0v) is 21.3. The molecule has 0 atom stereocenters. The zero-order chi connectivity index (χ0) is 25.3. The Bertz CT molecular complexity index is 1350. The van der Waals surface area contributed by atoms with Crippen molar-refractivity contribution in [2.24, 2.45) is 0 Å². The average Bonchev–Trinajstić information content (AvgIpc) is 3.27. The Balaban J connectivity index is 1.34. The number of hydrogen-bond acceptors (Lipinski definition) is 6. The van der Waals surface area contributed by atoms with E-state index in [1.807, 2.05) is 63.5 Å².